The predicted molar refractivity (Wildman–Crippen MR) is 57.5 cm³/mol. The summed E-state index contributed by atoms with van der Waals surface area (Å²) in [4.78, 5) is 5.18. The molecule has 2 rings (SSSR count). The van der Waals surface area contributed by atoms with Crippen LogP contribution in [0.3, 0.4) is 0 Å². The summed E-state index contributed by atoms with van der Waals surface area (Å²) in [6.07, 6.45) is 0. The van der Waals surface area contributed by atoms with Crippen molar-refractivity contribution < 1.29 is 4.74 Å². The van der Waals surface area contributed by atoms with Crippen molar-refractivity contribution in [2.75, 3.05) is 32.8 Å². The molecule has 0 aromatic rings. The number of fused-ring (bicyclic) bond motifs is 1. The predicted octanol–water partition coefficient (Wildman–Crippen LogP) is 0.800. The zero-order valence-electron chi connectivity index (χ0n) is 9.57. The van der Waals surface area contributed by atoms with Crippen molar-refractivity contribution >= 4 is 0 Å². The maximum absolute atomic E-state index is 5.55. The van der Waals surface area contributed by atoms with Crippen molar-refractivity contribution in [1.29, 1.82) is 0 Å². The van der Waals surface area contributed by atoms with E-state index in [4.69, 9.17) is 4.74 Å². The van der Waals surface area contributed by atoms with Gasteiger partial charge in [-0.15, -0.1) is 0 Å². The number of morpholine rings is 1. The van der Waals surface area contributed by atoms with Crippen LogP contribution in [0.1, 0.15) is 20.8 Å². The molecule has 2 heterocycles. The number of rotatable bonds is 1. The van der Waals surface area contributed by atoms with E-state index in [2.05, 4.69) is 30.6 Å². The van der Waals surface area contributed by atoms with E-state index in [1.54, 1.807) is 0 Å². The third-order valence-electron chi connectivity index (χ3n) is 3.51. The van der Waals surface area contributed by atoms with Crippen LogP contribution in [0.4, 0.5) is 0 Å². The third-order valence-corrected chi connectivity index (χ3v) is 3.51. The minimum atomic E-state index is 0.634. The molecule has 2 aliphatic rings. The van der Waals surface area contributed by atoms with Crippen LogP contribution in [-0.2, 0) is 4.74 Å². The van der Waals surface area contributed by atoms with Gasteiger partial charge in [-0.3, -0.25) is 9.80 Å². The molecule has 14 heavy (non-hydrogen) atoms. The highest BCUT2D eigenvalue weighted by atomic mass is 16.5. The Morgan fingerprint density at radius 3 is 2.79 bits per heavy atom. The Morgan fingerprint density at radius 2 is 2.07 bits per heavy atom. The van der Waals surface area contributed by atoms with E-state index in [0.29, 0.717) is 18.1 Å². The molecule has 0 aromatic heterocycles. The molecule has 0 aromatic carbocycles. The maximum atomic E-state index is 5.55. The van der Waals surface area contributed by atoms with Crippen LogP contribution in [0.5, 0.6) is 0 Å². The molecule has 2 aliphatic heterocycles. The van der Waals surface area contributed by atoms with Gasteiger partial charge in [0.25, 0.3) is 0 Å². The van der Waals surface area contributed by atoms with Gasteiger partial charge in [0.2, 0.25) is 0 Å². The summed E-state index contributed by atoms with van der Waals surface area (Å²) in [5.74, 6) is 0. The van der Waals surface area contributed by atoms with Crippen molar-refractivity contribution in [3.05, 3.63) is 0 Å². The Labute approximate surface area is 87.0 Å². The van der Waals surface area contributed by atoms with Gasteiger partial charge >= 0.3 is 0 Å². The molecule has 2 unspecified atom stereocenters. The number of ether oxygens (including phenoxy) is 1. The van der Waals surface area contributed by atoms with Crippen LogP contribution in [0.2, 0.25) is 0 Å². The van der Waals surface area contributed by atoms with Gasteiger partial charge in [-0.1, -0.05) is 0 Å². The normalized spacial score (nSPS) is 36.0. The van der Waals surface area contributed by atoms with E-state index in [1.165, 1.54) is 13.1 Å². The molecule has 3 nitrogen and oxygen atoms in total. The van der Waals surface area contributed by atoms with E-state index in [-0.39, 0.29) is 0 Å². The molecule has 0 bridgehead atoms. The monoisotopic (exact) mass is 198 g/mol. The average Bonchev–Trinajstić information content (AvgIpc) is 2.17. The fourth-order valence-corrected chi connectivity index (χ4v) is 2.62. The minimum absolute atomic E-state index is 0.634. The number of hydrogen-bond donors (Lipinski definition) is 0. The lowest BCUT2D eigenvalue weighted by Crippen LogP contribution is -2.62. The third kappa shape index (κ3) is 1.95. The zero-order valence-corrected chi connectivity index (χ0v) is 9.57. The molecule has 2 saturated heterocycles. The Kier molecular flexibility index (Phi) is 3.10. The summed E-state index contributed by atoms with van der Waals surface area (Å²) >= 11 is 0. The van der Waals surface area contributed by atoms with E-state index in [9.17, 15) is 0 Å². The summed E-state index contributed by atoms with van der Waals surface area (Å²) in [6, 6.07) is 2.00. The van der Waals surface area contributed by atoms with Gasteiger partial charge < -0.3 is 4.74 Å². The SMILES string of the molecule is CC(C)N1CC(C)N2CCOCC2C1. The van der Waals surface area contributed by atoms with Crippen molar-refractivity contribution in [1.82, 2.24) is 9.80 Å². The Morgan fingerprint density at radius 1 is 1.29 bits per heavy atom. The molecule has 3 heteroatoms. The minimum Gasteiger partial charge on any atom is -0.378 e. The zero-order chi connectivity index (χ0) is 10.1. The van der Waals surface area contributed by atoms with Crippen molar-refractivity contribution in [3.63, 3.8) is 0 Å². The summed E-state index contributed by atoms with van der Waals surface area (Å²) in [6.45, 7) is 12.3. The quantitative estimate of drug-likeness (QED) is 0.620. The molecule has 82 valence electrons. The maximum Gasteiger partial charge on any atom is 0.0635 e. The second kappa shape index (κ2) is 4.17. The summed E-state index contributed by atoms with van der Waals surface area (Å²) in [7, 11) is 0. The molecular weight excluding hydrogens is 176 g/mol. The topological polar surface area (TPSA) is 15.7 Å². The molecule has 0 spiro atoms. The fraction of sp³-hybridized carbons (Fsp3) is 1.00. The molecule has 2 fully saturated rings. The van der Waals surface area contributed by atoms with Gasteiger partial charge in [0.1, 0.15) is 0 Å². The summed E-state index contributed by atoms with van der Waals surface area (Å²) in [5, 5.41) is 0. The van der Waals surface area contributed by atoms with Gasteiger partial charge in [0, 0.05) is 37.8 Å². The van der Waals surface area contributed by atoms with Gasteiger partial charge in [0.05, 0.1) is 13.2 Å². The van der Waals surface area contributed by atoms with Crippen LogP contribution >= 0.6 is 0 Å². The van der Waals surface area contributed by atoms with Crippen LogP contribution in [-0.4, -0.2) is 60.8 Å². The second-order valence-electron chi connectivity index (χ2n) is 4.86. The van der Waals surface area contributed by atoms with Crippen molar-refractivity contribution in [2.45, 2.75) is 38.9 Å². The highest BCUT2D eigenvalue weighted by Crippen LogP contribution is 2.20. The molecule has 0 N–H and O–H groups in total. The lowest BCUT2D eigenvalue weighted by molar-refractivity contribution is -0.0737. The largest absolute Gasteiger partial charge is 0.378 e. The first-order valence-electron chi connectivity index (χ1n) is 5.76. The highest BCUT2D eigenvalue weighted by molar-refractivity contribution is 4.89. The average molecular weight is 198 g/mol. The molecule has 0 aliphatic carbocycles. The van der Waals surface area contributed by atoms with Gasteiger partial charge in [0.15, 0.2) is 0 Å². The first-order valence-corrected chi connectivity index (χ1v) is 5.76. The van der Waals surface area contributed by atoms with Gasteiger partial charge in [-0.25, -0.2) is 0 Å². The van der Waals surface area contributed by atoms with Gasteiger partial charge in [-0.05, 0) is 20.8 Å². The van der Waals surface area contributed by atoms with E-state index < -0.39 is 0 Å². The second-order valence-corrected chi connectivity index (χ2v) is 4.86. The van der Waals surface area contributed by atoms with E-state index in [0.717, 1.165) is 19.8 Å². The Balaban J connectivity index is 2.00. The van der Waals surface area contributed by atoms with Crippen LogP contribution < -0.4 is 0 Å². The summed E-state index contributed by atoms with van der Waals surface area (Å²) < 4.78 is 5.55. The smallest absolute Gasteiger partial charge is 0.0635 e. The van der Waals surface area contributed by atoms with Crippen molar-refractivity contribution in [2.24, 2.45) is 0 Å². The van der Waals surface area contributed by atoms with Crippen LogP contribution in [0, 0.1) is 0 Å². The van der Waals surface area contributed by atoms with E-state index >= 15 is 0 Å². The molecular formula is C11H22N2O. The fourth-order valence-electron chi connectivity index (χ4n) is 2.62. The number of nitrogens with zero attached hydrogens (tertiary/aromatic N) is 2. The molecule has 0 saturated carbocycles. The van der Waals surface area contributed by atoms with Crippen LogP contribution in [0.25, 0.3) is 0 Å². The molecule has 2 atom stereocenters. The number of piperazine rings is 1. The van der Waals surface area contributed by atoms with Crippen LogP contribution in [0.15, 0.2) is 0 Å². The standard InChI is InChI=1S/C11H22N2O/c1-9(2)12-6-10(3)13-4-5-14-8-11(13)7-12/h9-11H,4-8H2,1-3H3. The molecule has 0 amide bonds. The Bertz CT molecular complexity index is 196. The molecule has 0 radical (unpaired) electrons. The van der Waals surface area contributed by atoms with Crippen molar-refractivity contribution in [3.8, 4) is 0 Å². The first kappa shape index (κ1) is 10.4. The highest BCUT2D eigenvalue weighted by Gasteiger charge is 2.34. The van der Waals surface area contributed by atoms with E-state index in [1.807, 2.05) is 0 Å². The van der Waals surface area contributed by atoms with Gasteiger partial charge in [-0.2, -0.15) is 0 Å². The number of hydrogen-bond acceptors (Lipinski definition) is 3. The lowest BCUT2D eigenvalue weighted by Gasteiger charge is -2.48. The summed E-state index contributed by atoms with van der Waals surface area (Å²) in [5.41, 5.74) is 0. The first-order chi connectivity index (χ1) is 6.68. The Hall–Kier alpha value is -0.120. The lowest BCUT2D eigenvalue weighted by atomic mass is 10.0.